The number of Topliss-reactive ketones (excluding diaryl/α,β-unsaturated/α-hetero) is 1. The highest BCUT2D eigenvalue weighted by atomic mass is 19.4. The fourth-order valence-electron chi connectivity index (χ4n) is 8.07. The van der Waals surface area contributed by atoms with Gasteiger partial charge in [0.1, 0.15) is 0 Å². The molecule has 0 bridgehead atoms. The molecule has 0 aromatic rings. The van der Waals surface area contributed by atoms with Gasteiger partial charge in [0.25, 0.3) is 0 Å². The average Bonchev–Trinajstić information content (AvgIpc) is 3.00. The number of ether oxygens (including phenoxy) is 2. The minimum atomic E-state index is -4.42. The molecule has 0 saturated heterocycles. The first-order valence-corrected chi connectivity index (χ1v) is 12.1. The molecule has 2 fully saturated rings. The third-order valence-electron chi connectivity index (χ3n) is 9.51. The summed E-state index contributed by atoms with van der Waals surface area (Å²) in [4.78, 5) is 24.8. The number of esters is 1. The summed E-state index contributed by atoms with van der Waals surface area (Å²) in [7, 11) is 0. The van der Waals surface area contributed by atoms with Crippen molar-refractivity contribution in [3.63, 3.8) is 0 Å². The minimum Gasteiger partial charge on any atom is -0.498 e. The molecule has 4 aliphatic carbocycles. The minimum absolute atomic E-state index is 0.0523. The van der Waals surface area contributed by atoms with E-state index in [1.165, 1.54) is 13.8 Å². The second-order valence-electron chi connectivity index (χ2n) is 10.9. The lowest BCUT2D eigenvalue weighted by molar-refractivity contribution is -0.187. The Labute approximate surface area is 194 Å². The molecule has 0 spiro atoms. The van der Waals surface area contributed by atoms with Crippen LogP contribution >= 0.6 is 0 Å². The number of carbonyl (C=O) groups excluding carboxylic acids is 2. The fourth-order valence-corrected chi connectivity index (χ4v) is 8.07. The van der Waals surface area contributed by atoms with E-state index in [4.69, 9.17) is 9.47 Å². The number of alkyl halides is 3. The van der Waals surface area contributed by atoms with E-state index in [2.05, 4.69) is 0 Å². The van der Waals surface area contributed by atoms with E-state index in [9.17, 15) is 22.8 Å². The third-order valence-corrected chi connectivity index (χ3v) is 9.51. The lowest BCUT2D eigenvalue weighted by Crippen LogP contribution is -2.58. The van der Waals surface area contributed by atoms with Crippen molar-refractivity contribution in [3.05, 3.63) is 23.0 Å². The van der Waals surface area contributed by atoms with Gasteiger partial charge in [-0.1, -0.05) is 13.8 Å². The molecule has 0 unspecified atom stereocenters. The zero-order chi connectivity index (χ0) is 24.4. The number of allylic oxidation sites excluding steroid dienone is 4. The van der Waals surface area contributed by atoms with Crippen molar-refractivity contribution in [3.8, 4) is 0 Å². The number of carbonyl (C=O) groups is 2. The van der Waals surface area contributed by atoms with Crippen molar-refractivity contribution >= 4 is 11.8 Å². The number of hydrogen-bond donors (Lipinski definition) is 0. The second kappa shape index (κ2) is 7.88. The lowest BCUT2D eigenvalue weighted by atomic mass is 9.46. The van der Waals surface area contributed by atoms with Crippen molar-refractivity contribution in [2.45, 2.75) is 91.3 Å². The molecule has 184 valence electrons. The van der Waals surface area contributed by atoms with E-state index in [0.717, 1.165) is 6.42 Å². The summed E-state index contributed by atoms with van der Waals surface area (Å²) in [5.41, 5.74) is -2.53. The number of halogens is 3. The van der Waals surface area contributed by atoms with E-state index in [0.29, 0.717) is 50.0 Å². The zero-order valence-corrected chi connectivity index (χ0v) is 20.2. The Balaban J connectivity index is 1.81. The van der Waals surface area contributed by atoms with Gasteiger partial charge in [-0.15, -0.1) is 0 Å². The normalized spacial score (nSPS) is 40.4. The van der Waals surface area contributed by atoms with Crippen LogP contribution in [0.4, 0.5) is 13.2 Å². The Hall–Kier alpha value is -1.79. The van der Waals surface area contributed by atoms with Gasteiger partial charge in [0.2, 0.25) is 0 Å². The van der Waals surface area contributed by atoms with Gasteiger partial charge in [-0.05, 0) is 87.2 Å². The molecule has 7 heteroatoms. The quantitative estimate of drug-likeness (QED) is 0.454. The number of ketones is 1. The Bertz CT molecular complexity index is 919. The van der Waals surface area contributed by atoms with E-state index in [1.807, 2.05) is 20.8 Å². The van der Waals surface area contributed by atoms with Crippen molar-refractivity contribution in [1.82, 2.24) is 0 Å². The summed E-state index contributed by atoms with van der Waals surface area (Å²) in [6, 6.07) is 0. The lowest BCUT2D eigenvalue weighted by Gasteiger charge is -2.59. The monoisotopic (exact) mass is 468 g/mol. The standard InChI is InChI=1S/C26H35F3O4/c1-6-32-17-7-10-23(4)19-8-11-24(5)20(9-12-25(24,15(2)30)33-16(3)31)18(19)14-22(21(23)13-17)26(27,28)29/h13,18-20H,6-12,14H2,1-5H3/t18-,19+,20+,23-,24+,25+/m1/s1. The van der Waals surface area contributed by atoms with Crippen molar-refractivity contribution in [2.75, 3.05) is 6.61 Å². The van der Waals surface area contributed by atoms with Crippen molar-refractivity contribution in [2.24, 2.45) is 28.6 Å². The highest BCUT2D eigenvalue weighted by Crippen LogP contribution is 2.69. The van der Waals surface area contributed by atoms with Gasteiger partial charge in [0.05, 0.1) is 12.4 Å². The summed E-state index contributed by atoms with van der Waals surface area (Å²) < 4.78 is 54.5. The third kappa shape index (κ3) is 3.47. The van der Waals surface area contributed by atoms with Crippen LogP contribution in [0.1, 0.15) is 79.6 Å². The Morgan fingerprint density at radius 1 is 1.09 bits per heavy atom. The first-order chi connectivity index (χ1) is 15.3. The highest BCUT2D eigenvalue weighted by molar-refractivity contribution is 5.89. The van der Waals surface area contributed by atoms with Crippen LogP contribution in [0.3, 0.4) is 0 Å². The van der Waals surface area contributed by atoms with Crippen LogP contribution in [0.25, 0.3) is 0 Å². The van der Waals surface area contributed by atoms with Gasteiger partial charge in [0, 0.05) is 24.3 Å². The van der Waals surface area contributed by atoms with E-state index in [-0.39, 0.29) is 30.0 Å². The molecule has 0 aliphatic heterocycles. The fraction of sp³-hybridized carbons (Fsp3) is 0.769. The highest BCUT2D eigenvalue weighted by Gasteiger charge is 2.68. The molecule has 4 aliphatic rings. The number of fused-ring (bicyclic) bond motifs is 5. The van der Waals surface area contributed by atoms with E-state index in [1.54, 1.807) is 6.08 Å². The molecule has 4 nitrogen and oxygen atoms in total. The largest absolute Gasteiger partial charge is 0.498 e. The van der Waals surface area contributed by atoms with Gasteiger partial charge in [-0.3, -0.25) is 9.59 Å². The predicted molar refractivity (Wildman–Crippen MR) is 117 cm³/mol. The maximum Gasteiger partial charge on any atom is 0.412 e. The SMILES string of the molecule is CCOC1=CC2=C(C(F)(F)F)C[C@@H]3[C@H](CC[C@@]4(C)[C@H]3CC[C@]4(OC(C)=O)C(C)=O)[C@@]2(C)CC1. The maximum atomic E-state index is 14.4. The zero-order valence-electron chi connectivity index (χ0n) is 20.2. The molecule has 0 aromatic heterocycles. The molecular weight excluding hydrogens is 433 g/mol. The molecule has 0 N–H and O–H groups in total. The van der Waals surface area contributed by atoms with Gasteiger partial charge < -0.3 is 9.47 Å². The van der Waals surface area contributed by atoms with Gasteiger partial charge in [-0.2, -0.15) is 13.2 Å². The van der Waals surface area contributed by atoms with Gasteiger partial charge in [-0.25, -0.2) is 0 Å². The van der Waals surface area contributed by atoms with Crippen LogP contribution in [0.15, 0.2) is 23.0 Å². The first kappa shape index (κ1) is 24.3. The summed E-state index contributed by atoms with van der Waals surface area (Å²) in [6.07, 6.45) is 0.809. The van der Waals surface area contributed by atoms with Crippen LogP contribution in [-0.2, 0) is 19.1 Å². The molecular formula is C26H35F3O4. The summed E-state index contributed by atoms with van der Waals surface area (Å²) in [5, 5.41) is 0. The molecule has 4 rings (SSSR count). The first-order valence-electron chi connectivity index (χ1n) is 12.1. The summed E-state index contributed by atoms with van der Waals surface area (Å²) in [6.45, 7) is 8.99. The van der Waals surface area contributed by atoms with E-state index >= 15 is 0 Å². The van der Waals surface area contributed by atoms with Crippen LogP contribution in [0.2, 0.25) is 0 Å². The topological polar surface area (TPSA) is 52.6 Å². The molecule has 33 heavy (non-hydrogen) atoms. The Kier molecular flexibility index (Phi) is 5.81. The second-order valence-corrected chi connectivity index (χ2v) is 10.9. The van der Waals surface area contributed by atoms with Crippen LogP contribution < -0.4 is 0 Å². The molecule has 0 amide bonds. The van der Waals surface area contributed by atoms with Crippen LogP contribution in [0, 0.1) is 28.6 Å². The average molecular weight is 469 g/mol. The Morgan fingerprint density at radius 3 is 2.33 bits per heavy atom. The van der Waals surface area contributed by atoms with E-state index < -0.39 is 34.1 Å². The predicted octanol–water partition coefficient (Wildman–Crippen LogP) is 6.30. The summed E-state index contributed by atoms with van der Waals surface area (Å²) in [5.74, 6) is -0.282. The van der Waals surface area contributed by atoms with Crippen molar-refractivity contribution in [1.29, 1.82) is 0 Å². The number of rotatable bonds is 4. The molecule has 2 saturated carbocycles. The molecule has 0 heterocycles. The smallest absolute Gasteiger partial charge is 0.412 e. The van der Waals surface area contributed by atoms with Crippen LogP contribution in [-0.4, -0.2) is 30.1 Å². The van der Waals surface area contributed by atoms with Crippen molar-refractivity contribution < 1.29 is 32.2 Å². The van der Waals surface area contributed by atoms with Crippen LogP contribution in [0.5, 0.6) is 0 Å². The molecule has 0 radical (unpaired) electrons. The summed E-state index contributed by atoms with van der Waals surface area (Å²) >= 11 is 0. The Morgan fingerprint density at radius 2 is 1.76 bits per heavy atom. The van der Waals surface area contributed by atoms with Gasteiger partial charge in [0.15, 0.2) is 11.4 Å². The molecule has 0 aromatic carbocycles. The maximum absolute atomic E-state index is 14.4. The number of hydrogen-bond acceptors (Lipinski definition) is 4. The van der Waals surface area contributed by atoms with Gasteiger partial charge >= 0.3 is 12.1 Å². The molecule has 6 atom stereocenters.